The van der Waals surface area contributed by atoms with Crippen molar-refractivity contribution in [3.8, 4) is 0 Å². The highest BCUT2D eigenvalue weighted by Crippen LogP contribution is 2.16. The molecule has 1 aliphatic heterocycles. The third kappa shape index (κ3) is 4.20. The molecule has 20 heavy (non-hydrogen) atoms. The number of nitrogens with zero attached hydrogens (tertiary/aromatic N) is 2. The van der Waals surface area contributed by atoms with Crippen LogP contribution in [0.15, 0.2) is 18.5 Å². The Labute approximate surface area is 120 Å². The van der Waals surface area contributed by atoms with Gasteiger partial charge in [-0.05, 0) is 18.4 Å². The van der Waals surface area contributed by atoms with E-state index in [1.54, 1.807) is 12.4 Å². The van der Waals surface area contributed by atoms with Crippen LogP contribution in [0, 0.1) is 5.92 Å². The molecule has 1 aliphatic rings. The minimum Gasteiger partial charge on any atom is -0.378 e. The van der Waals surface area contributed by atoms with Gasteiger partial charge in [-0.3, -0.25) is 9.78 Å². The van der Waals surface area contributed by atoms with Gasteiger partial charge in [0, 0.05) is 25.8 Å². The van der Waals surface area contributed by atoms with E-state index in [1.165, 1.54) is 0 Å². The topological polar surface area (TPSA) is 54.5 Å². The largest absolute Gasteiger partial charge is 0.378 e. The van der Waals surface area contributed by atoms with Crippen LogP contribution in [-0.4, -0.2) is 43.7 Å². The molecule has 1 amide bonds. The molecule has 0 radical (unpaired) electrons. The lowest BCUT2D eigenvalue weighted by Gasteiger charge is -2.28. The van der Waals surface area contributed by atoms with Gasteiger partial charge in [-0.2, -0.15) is 0 Å². The quantitative estimate of drug-likeness (QED) is 0.890. The summed E-state index contributed by atoms with van der Waals surface area (Å²) in [5.74, 6) is 0.543. The number of morpholine rings is 1. The number of carbonyl (C=O) groups is 1. The molecule has 0 atom stereocenters. The van der Waals surface area contributed by atoms with Crippen molar-refractivity contribution in [3.05, 3.63) is 24.0 Å². The minimum atomic E-state index is -0.0479. The Morgan fingerprint density at radius 1 is 1.40 bits per heavy atom. The van der Waals surface area contributed by atoms with Gasteiger partial charge in [0.15, 0.2) is 0 Å². The maximum atomic E-state index is 12.1. The predicted molar refractivity (Wildman–Crippen MR) is 79.1 cm³/mol. The van der Waals surface area contributed by atoms with Crippen molar-refractivity contribution in [2.45, 2.75) is 20.3 Å². The van der Waals surface area contributed by atoms with Crippen LogP contribution in [0.3, 0.4) is 0 Å². The highest BCUT2D eigenvalue weighted by atomic mass is 16.5. The summed E-state index contributed by atoms with van der Waals surface area (Å²) >= 11 is 0. The first-order valence-corrected chi connectivity index (χ1v) is 7.23. The lowest BCUT2D eigenvalue weighted by Crippen LogP contribution is -2.36. The average molecular weight is 277 g/mol. The van der Waals surface area contributed by atoms with Gasteiger partial charge in [-0.1, -0.05) is 13.8 Å². The Balaban J connectivity index is 1.96. The van der Waals surface area contributed by atoms with E-state index in [4.69, 9.17) is 4.74 Å². The van der Waals surface area contributed by atoms with Gasteiger partial charge in [0.1, 0.15) is 0 Å². The van der Waals surface area contributed by atoms with E-state index in [0.29, 0.717) is 18.0 Å². The summed E-state index contributed by atoms with van der Waals surface area (Å²) < 4.78 is 5.33. The lowest BCUT2D eigenvalue weighted by atomic mass is 10.1. The number of rotatable bonds is 5. The summed E-state index contributed by atoms with van der Waals surface area (Å²) in [5, 5.41) is 2.94. The zero-order valence-corrected chi connectivity index (χ0v) is 12.3. The molecule has 2 heterocycles. The second-order valence-corrected chi connectivity index (χ2v) is 5.47. The van der Waals surface area contributed by atoms with Gasteiger partial charge in [0.2, 0.25) is 0 Å². The first-order chi connectivity index (χ1) is 9.66. The first-order valence-electron chi connectivity index (χ1n) is 7.23. The molecule has 5 nitrogen and oxygen atoms in total. The molecule has 110 valence electrons. The Hall–Kier alpha value is -1.62. The second-order valence-electron chi connectivity index (χ2n) is 5.47. The maximum Gasteiger partial charge on any atom is 0.252 e. The Morgan fingerprint density at radius 3 is 2.85 bits per heavy atom. The molecule has 0 saturated carbocycles. The van der Waals surface area contributed by atoms with Crippen LogP contribution in [0.2, 0.25) is 0 Å². The second kappa shape index (κ2) is 7.24. The fraction of sp³-hybridized carbons (Fsp3) is 0.600. The summed E-state index contributed by atoms with van der Waals surface area (Å²) in [6.07, 6.45) is 4.41. The number of anilines is 1. The molecule has 5 heteroatoms. The predicted octanol–water partition coefficient (Wildman–Crippen LogP) is 1.69. The minimum absolute atomic E-state index is 0.0479. The van der Waals surface area contributed by atoms with E-state index in [1.807, 2.05) is 6.07 Å². The standard InChI is InChI=1S/C15H23N3O2/c1-12(2)3-4-17-15(19)13-9-14(11-16-10-13)18-5-7-20-8-6-18/h9-12H,3-8H2,1-2H3,(H,17,19). The van der Waals surface area contributed by atoms with E-state index in [9.17, 15) is 4.79 Å². The van der Waals surface area contributed by atoms with Crippen molar-refractivity contribution in [1.82, 2.24) is 10.3 Å². The normalized spacial score (nSPS) is 15.4. The van der Waals surface area contributed by atoms with Crippen molar-refractivity contribution in [2.24, 2.45) is 5.92 Å². The van der Waals surface area contributed by atoms with Crippen molar-refractivity contribution >= 4 is 11.6 Å². The summed E-state index contributed by atoms with van der Waals surface area (Å²) in [4.78, 5) is 18.4. The molecule has 1 fully saturated rings. The molecule has 1 saturated heterocycles. The van der Waals surface area contributed by atoms with E-state index in [-0.39, 0.29) is 5.91 Å². The van der Waals surface area contributed by atoms with Crippen LogP contribution in [0.4, 0.5) is 5.69 Å². The van der Waals surface area contributed by atoms with Crippen LogP contribution in [0.5, 0.6) is 0 Å². The van der Waals surface area contributed by atoms with Gasteiger partial charge >= 0.3 is 0 Å². The number of aromatic nitrogens is 1. The molecule has 0 spiro atoms. The zero-order valence-electron chi connectivity index (χ0n) is 12.3. The van der Waals surface area contributed by atoms with E-state index in [2.05, 4.69) is 29.0 Å². The molecule has 0 bridgehead atoms. The highest BCUT2D eigenvalue weighted by Gasteiger charge is 2.13. The van der Waals surface area contributed by atoms with E-state index in [0.717, 1.165) is 38.4 Å². The number of hydrogen-bond donors (Lipinski definition) is 1. The summed E-state index contributed by atoms with van der Waals surface area (Å²) in [6, 6.07) is 1.91. The van der Waals surface area contributed by atoms with E-state index < -0.39 is 0 Å². The van der Waals surface area contributed by atoms with Crippen molar-refractivity contribution < 1.29 is 9.53 Å². The van der Waals surface area contributed by atoms with Gasteiger partial charge in [-0.15, -0.1) is 0 Å². The number of pyridine rings is 1. The van der Waals surface area contributed by atoms with Crippen LogP contribution in [0.1, 0.15) is 30.6 Å². The number of ether oxygens (including phenoxy) is 1. The lowest BCUT2D eigenvalue weighted by molar-refractivity contribution is 0.0951. The van der Waals surface area contributed by atoms with Crippen LogP contribution in [-0.2, 0) is 4.74 Å². The molecule has 0 unspecified atom stereocenters. The smallest absolute Gasteiger partial charge is 0.252 e. The molecule has 1 N–H and O–H groups in total. The van der Waals surface area contributed by atoms with Crippen molar-refractivity contribution in [2.75, 3.05) is 37.7 Å². The summed E-state index contributed by atoms with van der Waals surface area (Å²) in [7, 11) is 0. The molecule has 1 aromatic heterocycles. The molecule has 0 aliphatic carbocycles. The summed E-state index contributed by atoms with van der Waals surface area (Å²) in [5.41, 5.74) is 1.61. The monoisotopic (exact) mass is 277 g/mol. The Bertz CT molecular complexity index is 442. The zero-order chi connectivity index (χ0) is 14.4. The van der Waals surface area contributed by atoms with E-state index >= 15 is 0 Å². The number of hydrogen-bond acceptors (Lipinski definition) is 4. The van der Waals surface area contributed by atoms with Crippen molar-refractivity contribution in [3.63, 3.8) is 0 Å². The third-order valence-electron chi connectivity index (χ3n) is 3.37. The Kier molecular flexibility index (Phi) is 5.35. The van der Waals surface area contributed by atoms with Crippen LogP contribution >= 0.6 is 0 Å². The van der Waals surface area contributed by atoms with Crippen molar-refractivity contribution in [1.29, 1.82) is 0 Å². The summed E-state index contributed by atoms with van der Waals surface area (Å²) in [6.45, 7) is 8.15. The number of carbonyl (C=O) groups excluding carboxylic acids is 1. The molecular weight excluding hydrogens is 254 g/mol. The average Bonchev–Trinajstić information content (AvgIpc) is 2.48. The highest BCUT2D eigenvalue weighted by molar-refractivity contribution is 5.94. The number of amides is 1. The SMILES string of the molecule is CC(C)CCNC(=O)c1cncc(N2CCOCC2)c1. The molecular formula is C15H23N3O2. The van der Waals surface area contributed by atoms with Gasteiger partial charge in [0.05, 0.1) is 30.7 Å². The number of nitrogens with one attached hydrogen (secondary N) is 1. The van der Waals surface area contributed by atoms with Gasteiger partial charge in [0.25, 0.3) is 5.91 Å². The molecule has 0 aromatic carbocycles. The van der Waals surface area contributed by atoms with Gasteiger partial charge in [-0.25, -0.2) is 0 Å². The third-order valence-corrected chi connectivity index (χ3v) is 3.37. The Morgan fingerprint density at radius 2 is 2.15 bits per heavy atom. The fourth-order valence-corrected chi connectivity index (χ4v) is 2.12. The molecule has 1 aromatic rings. The van der Waals surface area contributed by atoms with Crippen LogP contribution < -0.4 is 10.2 Å². The molecule has 2 rings (SSSR count). The van der Waals surface area contributed by atoms with Crippen LogP contribution in [0.25, 0.3) is 0 Å². The van der Waals surface area contributed by atoms with Gasteiger partial charge < -0.3 is 15.0 Å². The maximum absolute atomic E-state index is 12.1. The fourth-order valence-electron chi connectivity index (χ4n) is 2.12. The first kappa shape index (κ1) is 14.8.